The van der Waals surface area contributed by atoms with Crippen LogP contribution < -0.4 is 10.6 Å². The molecule has 1 heterocycles. The van der Waals surface area contributed by atoms with Crippen molar-refractivity contribution >= 4 is 5.91 Å². The van der Waals surface area contributed by atoms with Gasteiger partial charge in [0.1, 0.15) is 0 Å². The number of nitrogens with one attached hydrogen (secondary N) is 2. The van der Waals surface area contributed by atoms with Crippen molar-refractivity contribution < 1.29 is 4.79 Å². The largest absolute Gasteiger partial charge is 0.352 e. The van der Waals surface area contributed by atoms with E-state index in [1.807, 2.05) is 36.4 Å². The molecular formula is C21H26N2O. The van der Waals surface area contributed by atoms with Crippen LogP contribution in [0.1, 0.15) is 36.8 Å². The first-order valence-electron chi connectivity index (χ1n) is 8.84. The molecule has 0 aliphatic carbocycles. The minimum atomic E-state index is 0.0965. The predicted molar refractivity (Wildman–Crippen MR) is 97.9 cm³/mol. The molecule has 1 fully saturated rings. The molecule has 3 rings (SSSR count). The third-order valence-corrected chi connectivity index (χ3v) is 4.97. The van der Waals surface area contributed by atoms with E-state index >= 15 is 0 Å². The van der Waals surface area contributed by atoms with Crippen LogP contribution in [0.2, 0.25) is 0 Å². The number of hydrogen-bond donors (Lipinski definition) is 2. The lowest BCUT2D eigenvalue weighted by atomic mass is 9.88. The van der Waals surface area contributed by atoms with E-state index < -0.39 is 0 Å². The molecule has 1 amide bonds. The Hall–Kier alpha value is -2.13. The number of hydrogen-bond acceptors (Lipinski definition) is 2. The first-order chi connectivity index (χ1) is 11.7. The molecule has 0 spiro atoms. The number of piperidine rings is 1. The molecule has 1 saturated heterocycles. The van der Waals surface area contributed by atoms with Crippen LogP contribution in [0.5, 0.6) is 0 Å². The van der Waals surface area contributed by atoms with Gasteiger partial charge in [0.15, 0.2) is 0 Å². The molecule has 2 aromatic rings. The number of benzene rings is 2. The summed E-state index contributed by atoms with van der Waals surface area (Å²) in [7, 11) is 0. The molecule has 2 aromatic carbocycles. The van der Waals surface area contributed by atoms with Gasteiger partial charge in [-0.3, -0.25) is 4.79 Å². The number of rotatable bonds is 5. The number of carbonyl (C=O) groups is 1. The van der Waals surface area contributed by atoms with E-state index in [9.17, 15) is 4.79 Å². The van der Waals surface area contributed by atoms with Crippen LogP contribution in [-0.4, -0.2) is 25.0 Å². The Bertz CT molecular complexity index is 602. The van der Waals surface area contributed by atoms with Gasteiger partial charge in [-0.2, -0.15) is 0 Å². The molecule has 2 N–H and O–H groups in total. The molecule has 0 saturated carbocycles. The summed E-state index contributed by atoms with van der Waals surface area (Å²) in [5, 5.41) is 6.61. The van der Waals surface area contributed by atoms with Crippen molar-refractivity contribution in [3.8, 4) is 0 Å². The summed E-state index contributed by atoms with van der Waals surface area (Å²) in [5.74, 6) is 0.759. The van der Waals surface area contributed by atoms with Gasteiger partial charge in [0.25, 0.3) is 0 Å². The molecule has 126 valence electrons. The van der Waals surface area contributed by atoms with E-state index in [2.05, 4.69) is 41.8 Å². The van der Waals surface area contributed by atoms with Crippen molar-refractivity contribution in [2.45, 2.75) is 31.7 Å². The number of carbonyl (C=O) groups excluding carboxylic acids is 1. The van der Waals surface area contributed by atoms with Crippen molar-refractivity contribution in [1.82, 2.24) is 10.6 Å². The fourth-order valence-electron chi connectivity index (χ4n) is 3.43. The van der Waals surface area contributed by atoms with Crippen LogP contribution in [0, 0.1) is 5.92 Å². The Balaban J connectivity index is 1.73. The van der Waals surface area contributed by atoms with Gasteiger partial charge in [0.2, 0.25) is 5.91 Å². The van der Waals surface area contributed by atoms with Gasteiger partial charge in [-0.25, -0.2) is 0 Å². The second-order valence-electron chi connectivity index (χ2n) is 6.72. The van der Waals surface area contributed by atoms with Gasteiger partial charge >= 0.3 is 0 Å². The first kappa shape index (κ1) is 16.7. The van der Waals surface area contributed by atoms with E-state index in [0.29, 0.717) is 12.3 Å². The molecule has 2 atom stereocenters. The minimum Gasteiger partial charge on any atom is -0.352 e. The average molecular weight is 322 g/mol. The SMILES string of the molecule is CC1CCNCC1NC(=O)CC(c1ccccc1)c1ccccc1. The van der Waals surface area contributed by atoms with Crippen LogP contribution in [0.3, 0.4) is 0 Å². The fraction of sp³-hybridized carbons (Fsp3) is 0.381. The summed E-state index contributed by atoms with van der Waals surface area (Å²) < 4.78 is 0. The van der Waals surface area contributed by atoms with Crippen LogP contribution in [0.25, 0.3) is 0 Å². The maximum absolute atomic E-state index is 12.7. The fourth-order valence-corrected chi connectivity index (χ4v) is 3.43. The second-order valence-corrected chi connectivity index (χ2v) is 6.72. The van der Waals surface area contributed by atoms with Crippen LogP contribution in [0.15, 0.2) is 60.7 Å². The Morgan fingerprint density at radius 3 is 2.21 bits per heavy atom. The van der Waals surface area contributed by atoms with Crippen molar-refractivity contribution in [2.75, 3.05) is 13.1 Å². The third-order valence-electron chi connectivity index (χ3n) is 4.97. The van der Waals surface area contributed by atoms with Gasteiger partial charge in [0, 0.05) is 24.9 Å². The van der Waals surface area contributed by atoms with Gasteiger partial charge in [0.05, 0.1) is 0 Å². The molecule has 0 aromatic heterocycles. The average Bonchev–Trinajstić information content (AvgIpc) is 2.63. The van der Waals surface area contributed by atoms with E-state index in [4.69, 9.17) is 0 Å². The normalized spacial score (nSPS) is 20.8. The summed E-state index contributed by atoms with van der Waals surface area (Å²) in [6.07, 6.45) is 1.60. The van der Waals surface area contributed by atoms with Gasteiger partial charge in [-0.05, 0) is 30.0 Å². The maximum atomic E-state index is 12.7. The summed E-state index contributed by atoms with van der Waals surface area (Å²) >= 11 is 0. The Morgan fingerprint density at radius 2 is 1.67 bits per heavy atom. The van der Waals surface area contributed by atoms with Crippen LogP contribution >= 0.6 is 0 Å². The summed E-state index contributed by atoms with van der Waals surface area (Å²) in [4.78, 5) is 12.7. The zero-order chi connectivity index (χ0) is 16.8. The lowest BCUT2D eigenvalue weighted by molar-refractivity contribution is -0.122. The molecule has 1 aliphatic heterocycles. The van der Waals surface area contributed by atoms with E-state index in [-0.39, 0.29) is 17.9 Å². The highest BCUT2D eigenvalue weighted by atomic mass is 16.1. The Kier molecular flexibility index (Phi) is 5.65. The molecular weight excluding hydrogens is 296 g/mol. The zero-order valence-electron chi connectivity index (χ0n) is 14.2. The van der Waals surface area contributed by atoms with E-state index in [0.717, 1.165) is 19.5 Å². The predicted octanol–water partition coefficient (Wildman–Crippen LogP) is 3.32. The van der Waals surface area contributed by atoms with Crippen LogP contribution in [-0.2, 0) is 4.79 Å². The second kappa shape index (κ2) is 8.11. The van der Waals surface area contributed by atoms with Crippen molar-refractivity contribution in [3.05, 3.63) is 71.8 Å². The zero-order valence-corrected chi connectivity index (χ0v) is 14.2. The molecule has 24 heavy (non-hydrogen) atoms. The highest BCUT2D eigenvalue weighted by Gasteiger charge is 2.24. The third kappa shape index (κ3) is 4.24. The molecule has 0 radical (unpaired) electrons. The smallest absolute Gasteiger partial charge is 0.221 e. The molecule has 1 aliphatic rings. The lowest BCUT2D eigenvalue weighted by Gasteiger charge is -2.31. The highest BCUT2D eigenvalue weighted by molar-refractivity contribution is 5.78. The highest BCUT2D eigenvalue weighted by Crippen LogP contribution is 2.28. The van der Waals surface area contributed by atoms with E-state index in [1.165, 1.54) is 11.1 Å². The summed E-state index contributed by atoms with van der Waals surface area (Å²) in [6.45, 7) is 4.14. The monoisotopic (exact) mass is 322 g/mol. The quantitative estimate of drug-likeness (QED) is 0.886. The minimum absolute atomic E-state index is 0.0965. The maximum Gasteiger partial charge on any atom is 0.221 e. The van der Waals surface area contributed by atoms with Crippen LogP contribution in [0.4, 0.5) is 0 Å². The standard InChI is InChI=1S/C21H26N2O/c1-16-12-13-22-15-20(16)23-21(24)14-19(17-8-4-2-5-9-17)18-10-6-3-7-11-18/h2-11,16,19-20,22H,12-15H2,1H3,(H,23,24). The Labute approximate surface area is 144 Å². The topological polar surface area (TPSA) is 41.1 Å². The number of amides is 1. The van der Waals surface area contributed by atoms with Gasteiger partial charge < -0.3 is 10.6 Å². The molecule has 0 bridgehead atoms. The Morgan fingerprint density at radius 1 is 1.08 bits per heavy atom. The first-order valence-corrected chi connectivity index (χ1v) is 8.84. The molecule has 3 nitrogen and oxygen atoms in total. The lowest BCUT2D eigenvalue weighted by Crippen LogP contribution is -2.50. The molecule has 3 heteroatoms. The van der Waals surface area contributed by atoms with Crippen molar-refractivity contribution in [1.29, 1.82) is 0 Å². The van der Waals surface area contributed by atoms with Crippen molar-refractivity contribution in [3.63, 3.8) is 0 Å². The summed E-state index contributed by atoms with van der Waals surface area (Å²) in [6, 6.07) is 20.8. The molecule has 2 unspecified atom stereocenters. The van der Waals surface area contributed by atoms with Crippen molar-refractivity contribution in [2.24, 2.45) is 5.92 Å². The summed E-state index contributed by atoms with van der Waals surface area (Å²) in [5.41, 5.74) is 2.38. The van der Waals surface area contributed by atoms with E-state index in [1.54, 1.807) is 0 Å². The van der Waals surface area contributed by atoms with Gasteiger partial charge in [-0.15, -0.1) is 0 Å². The van der Waals surface area contributed by atoms with Gasteiger partial charge in [-0.1, -0.05) is 67.6 Å².